The number of ketones is 1. The maximum absolute atomic E-state index is 12.7. The van der Waals surface area contributed by atoms with E-state index in [9.17, 15) is 19.2 Å². The zero-order chi connectivity index (χ0) is 19.1. The second-order valence-corrected chi connectivity index (χ2v) is 6.73. The maximum Gasteiger partial charge on any atom is 0.243 e. The van der Waals surface area contributed by atoms with Crippen LogP contribution >= 0.6 is 0 Å². The van der Waals surface area contributed by atoms with Gasteiger partial charge in [0.1, 0.15) is 17.9 Å². The molecule has 0 bridgehead atoms. The van der Waals surface area contributed by atoms with Gasteiger partial charge in [-0.25, -0.2) is 0 Å². The number of hydrogen-bond acceptors (Lipinski definition) is 4. The standard InChI is InChI=1S/C19H25N3O4/c1-12(23)21-16(10-13-6-3-2-4-7-13)19(26)22-17(18(20)25)14-8-5-9-15(24)11-14/h2-4,6-7,14,16-17H,5,8-11H2,1H3,(H2,20,25)(H,21,23)(H,22,26)/t14-,16+,17-/m1/s1. The van der Waals surface area contributed by atoms with Crippen molar-refractivity contribution in [1.82, 2.24) is 10.6 Å². The van der Waals surface area contributed by atoms with Crippen molar-refractivity contribution in [2.75, 3.05) is 0 Å². The highest BCUT2D eigenvalue weighted by molar-refractivity contribution is 5.92. The van der Waals surface area contributed by atoms with Crippen molar-refractivity contribution < 1.29 is 19.2 Å². The van der Waals surface area contributed by atoms with Gasteiger partial charge < -0.3 is 16.4 Å². The molecule has 4 N–H and O–H groups in total. The number of nitrogens with one attached hydrogen (secondary N) is 2. The summed E-state index contributed by atoms with van der Waals surface area (Å²) in [6, 6.07) is 7.52. The van der Waals surface area contributed by atoms with Gasteiger partial charge in [-0.15, -0.1) is 0 Å². The van der Waals surface area contributed by atoms with E-state index in [1.54, 1.807) is 0 Å². The van der Waals surface area contributed by atoms with Gasteiger partial charge in [0.05, 0.1) is 0 Å². The Bertz CT molecular complexity index is 675. The largest absolute Gasteiger partial charge is 0.368 e. The van der Waals surface area contributed by atoms with E-state index in [4.69, 9.17) is 5.73 Å². The molecule has 1 aromatic rings. The SMILES string of the molecule is CC(=O)N[C@@H](Cc1ccccc1)C(=O)N[C@@H](C(N)=O)[C@@H]1CCCC(=O)C1. The van der Waals surface area contributed by atoms with Gasteiger partial charge >= 0.3 is 0 Å². The second kappa shape index (κ2) is 9.12. The van der Waals surface area contributed by atoms with Gasteiger partial charge in [0, 0.05) is 26.2 Å². The number of carbonyl (C=O) groups is 4. The topological polar surface area (TPSA) is 118 Å². The van der Waals surface area contributed by atoms with Gasteiger partial charge in [-0.2, -0.15) is 0 Å². The zero-order valence-electron chi connectivity index (χ0n) is 14.9. The Hall–Kier alpha value is -2.70. The van der Waals surface area contributed by atoms with E-state index in [0.29, 0.717) is 25.7 Å². The lowest BCUT2D eigenvalue weighted by Crippen LogP contribution is -2.56. The first-order valence-electron chi connectivity index (χ1n) is 8.79. The molecule has 0 radical (unpaired) electrons. The van der Waals surface area contributed by atoms with Gasteiger partial charge in [-0.05, 0) is 24.3 Å². The lowest BCUT2D eigenvalue weighted by molar-refractivity contribution is -0.132. The fraction of sp³-hybridized carbons (Fsp3) is 0.474. The monoisotopic (exact) mass is 359 g/mol. The van der Waals surface area contributed by atoms with Crippen molar-refractivity contribution >= 4 is 23.5 Å². The van der Waals surface area contributed by atoms with E-state index in [2.05, 4.69) is 10.6 Å². The van der Waals surface area contributed by atoms with Gasteiger partial charge in [0.25, 0.3) is 0 Å². The minimum atomic E-state index is -0.918. The second-order valence-electron chi connectivity index (χ2n) is 6.73. The smallest absolute Gasteiger partial charge is 0.243 e. The first-order valence-corrected chi connectivity index (χ1v) is 8.79. The summed E-state index contributed by atoms with van der Waals surface area (Å²) in [4.78, 5) is 47.7. The molecule has 0 unspecified atom stereocenters. The third-order valence-electron chi connectivity index (χ3n) is 4.57. The molecule has 140 valence electrons. The minimum Gasteiger partial charge on any atom is -0.368 e. The molecule has 3 amide bonds. The molecular formula is C19H25N3O4. The van der Waals surface area contributed by atoms with Gasteiger partial charge in [-0.1, -0.05) is 30.3 Å². The maximum atomic E-state index is 12.7. The van der Waals surface area contributed by atoms with Crippen LogP contribution in [-0.2, 0) is 25.6 Å². The predicted molar refractivity (Wildman–Crippen MR) is 95.8 cm³/mol. The van der Waals surface area contributed by atoms with Crippen molar-refractivity contribution in [1.29, 1.82) is 0 Å². The van der Waals surface area contributed by atoms with E-state index in [0.717, 1.165) is 5.56 Å². The summed E-state index contributed by atoms with van der Waals surface area (Å²) in [6.07, 6.45) is 2.36. The zero-order valence-corrected chi connectivity index (χ0v) is 14.9. The van der Waals surface area contributed by atoms with Crippen LogP contribution in [0.15, 0.2) is 30.3 Å². The predicted octanol–water partition coefficient (Wildman–Crippen LogP) is 0.463. The van der Waals surface area contributed by atoms with Crippen LogP contribution in [0.4, 0.5) is 0 Å². The number of carbonyl (C=O) groups excluding carboxylic acids is 4. The summed E-state index contributed by atoms with van der Waals surface area (Å²) in [6.45, 7) is 1.33. The van der Waals surface area contributed by atoms with Crippen LogP contribution in [0.2, 0.25) is 0 Å². The lowest BCUT2D eigenvalue weighted by Gasteiger charge is -2.29. The minimum absolute atomic E-state index is 0.0736. The molecule has 26 heavy (non-hydrogen) atoms. The molecule has 7 heteroatoms. The summed E-state index contributed by atoms with van der Waals surface area (Å²) < 4.78 is 0. The third kappa shape index (κ3) is 5.68. The average Bonchev–Trinajstić information content (AvgIpc) is 2.59. The molecule has 0 aromatic heterocycles. The van der Waals surface area contributed by atoms with Gasteiger partial charge in [0.2, 0.25) is 17.7 Å². The lowest BCUT2D eigenvalue weighted by atomic mass is 9.82. The number of hydrogen-bond donors (Lipinski definition) is 3. The number of primary amides is 1. The normalized spacial score (nSPS) is 19.3. The molecule has 0 heterocycles. The third-order valence-corrected chi connectivity index (χ3v) is 4.57. The molecule has 0 spiro atoms. The van der Waals surface area contributed by atoms with Crippen molar-refractivity contribution in [2.24, 2.45) is 11.7 Å². The number of amides is 3. The molecule has 3 atom stereocenters. The fourth-order valence-electron chi connectivity index (χ4n) is 3.32. The van der Waals surface area contributed by atoms with E-state index in [1.807, 2.05) is 30.3 Å². The number of nitrogens with two attached hydrogens (primary N) is 1. The molecule has 7 nitrogen and oxygen atoms in total. The molecule has 1 fully saturated rings. The Labute approximate surface area is 152 Å². The van der Waals surface area contributed by atoms with Crippen LogP contribution < -0.4 is 16.4 Å². The van der Waals surface area contributed by atoms with Crippen LogP contribution in [-0.4, -0.2) is 35.6 Å². The molecule has 0 aliphatic heterocycles. The first kappa shape index (κ1) is 19.6. The average molecular weight is 359 g/mol. The number of benzene rings is 1. The highest BCUT2D eigenvalue weighted by Crippen LogP contribution is 2.24. The summed E-state index contributed by atoms with van der Waals surface area (Å²) in [5, 5.41) is 5.27. The summed E-state index contributed by atoms with van der Waals surface area (Å²) in [5.41, 5.74) is 6.34. The Balaban J connectivity index is 2.10. The molecule has 1 aliphatic rings. The van der Waals surface area contributed by atoms with Crippen molar-refractivity contribution in [2.45, 2.75) is 51.1 Å². The van der Waals surface area contributed by atoms with Crippen molar-refractivity contribution in [3.63, 3.8) is 0 Å². The van der Waals surface area contributed by atoms with Gasteiger partial charge in [-0.3, -0.25) is 19.2 Å². The Morgan fingerprint density at radius 3 is 2.46 bits per heavy atom. The van der Waals surface area contributed by atoms with Crippen LogP contribution in [0.1, 0.15) is 38.2 Å². The van der Waals surface area contributed by atoms with E-state index in [1.165, 1.54) is 6.92 Å². The summed E-state index contributed by atoms with van der Waals surface area (Å²) >= 11 is 0. The molecule has 0 saturated heterocycles. The van der Waals surface area contributed by atoms with E-state index >= 15 is 0 Å². The molecule has 2 rings (SSSR count). The Kier molecular flexibility index (Phi) is 6.89. The molecule has 1 aliphatic carbocycles. The van der Waals surface area contributed by atoms with Crippen molar-refractivity contribution in [3.8, 4) is 0 Å². The highest BCUT2D eigenvalue weighted by Gasteiger charge is 2.33. The fourth-order valence-corrected chi connectivity index (χ4v) is 3.32. The number of Topliss-reactive ketones (excluding diaryl/α,β-unsaturated/α-hetero) is 1. The Morgan fingerprint density at radius 1 is 1.19 bits per heavy atom. The number of rotatable bonds is 7. The molecule has 1 saturated carbocycles. The Morgan fingerprint density at radius 2 is 1.88 bits per heavy atom. The van der Waals surface area contributed by atoms with Crippen molar-refractivity contribution in [3.05, 3.63) is 35.9 Å². The first-order chi connectivity index (χ1) is 12.4. The summed E-state index contributed by atoms with van der Waals surface area (Å²) in [7, 11) is 0. The summed E-state index contributed by atoms with van der Waals surface area (Å²) in [5.74, 6) is -1.72. The van der Waals surface area contributed by atoms with Crippen LogP contribution in [0.3, 0.4) is 0 Å². The highest BCUT2D eigenvalue weighted by atomic mass is 16.2. The van der Waals surface area contributed by atoms with E-state index < -0.39 is 23.9 Å². The van der Waals surface area contributed by atoms with Crippen LogP contribution in [0.25, 0.3) is 0 Å². The quantitative estimate of drug-likeness (QED) is 0.655. The van der Waals surface area contributed by atoms with Gasteiger partial charge in [0.15, 0.2) is 0 Å². The molecule has 1 aromatic carbocycles. The van der Waals surface area contributed by atoms with E-state index in [-0.39, 0.29) is 24.0 Å². The van der Waals surface area contributed by atoms with Crippen LogP contribution in [0.5, 0.6) is 0 Å². The molecular weight excluding hydrogens is 334 g/mol. The van der Waals surface area contributed by atoms with Crippen LogP contribution in [0, 0.1) is 5.92 Å².